The van der Waals surface area contributed by atoms with Crippen LogP contribution < -0.4 is 5.32 Å². The molecule has 1 aliphatic carbocycles. The van der Waals surface area contributed by atoms with Gasteiger partial charge in [-0.2, -0.15) is 0 Å². The molecule has 3 nitrogen and oxygen atoms in total. The smallest absolute Gasteiger partial charge is 0.123 e. The molecule has 1 atom stereocenters. The van der Waals surface area contributed by atoms with Crippen LogP contribution in [-0.4, -0.2) is 36.2 Å². The summed E-state index contributed by atoms with van der Waals surface area (Å²) in [6.07, 6.45) is 3.82. The van der Waals surface area contributed by atoms with Gasteiger partial charge in [0.2, 0.25) is 0 Å². The molecule has 1 heterocycles. The number of aryl methyl sites for hydroxylation is 1. The first-order valence-electron chi connectivity index (χ1n) is 7.59. The number of benzene rings is 1. The van der Waals surface area contributed by atoms with E-state index in [-0.39, 0.29) is 24.8 Å². The summed E-state index contributed by atoms with van der Waals surface area (Å²) < 4.78 is 0. The molecule has 1 aromatic rings. The molecule has 1 saturated carbocycles. The van der Waals surface area contributed by atoms with Gasteiger partial charge in [0.25, 0.3) is 0 Å². The van der Waals surface area contributed by atoms with Gasteiger partial charge in [-0.05, 0) is 37.0 Å². The number of hydrogen-bond acceptors (Lipinski definition) is 3. The van der Waals surface area contributed by atoms with Crippen LogP contribution in [-0.2, 0) is 0 Å². The molecule has 126 valence electrons. The van der Waals surface area contributed by atoms with E-state index >= 15 is 0 Å². The molecule has 6 heteroatoms. The summed E-state index contributed by atoms with van der Waals surface area (Å²) in [4.78, 5) is 2.50. The first-order valence-corrected chi connectivity index (χ1v) is 7.96. The maximum atomic E-state index is 10.5. The fourth-order valence-electron chi connectivity index (χ4n) is 3.15. The summed E-state index contributed by atoms with van der Waals surface area (Å²) in [5.41, 5.74) is 1.90. The molecule has 0 unspecified atom stereocenters. The van der Waals surface area contributed by atoms with Crippen LogP contribution in [0, 0.1) is 12.8 Å². The predicted octanol–water partition coefficient (Wildman–Crippen LogP) is 3.94. The molecule has 0 aromatic heterocycles. The third kappa shape index (κ3) is 4.65. The van der Waals surface area contributed by atoms with Crippen molar-refractivity contribution in [2.24, 2.45) is 5.92 Å². The highest BCUT2D eigenvalue weighted by molar-refractivity contribution is 6.30. The van der Waals surface area contributed by atoms with Crippen molar-refractivity contribution in [3.05, 3.63) is 28.3 Å². The lowest BCUT2D eigenvalue weighted by Gasteiger charge is -2.36. The lowest BCUT2D eigenvalue weighted by molar-refractivity contribution is 0.158. The number of aromatic hydroxyl groups is 1. The van der Waals surface area contributed by atoms with Gasteiger partial charge in [-0.3, -0.25) is 4.90 Å². The van der Waals surface area contributed by atoms with Gasteiger partial charge >= 0.3 is 0 Å². The number of nitrogens with zero attached hydrogens (tertiary/aromatic N) is 1. The van der Waals surface area contributed by atoms with E-state index in [0.717, 1.165) is 54.7 Å². The number of rotatable bonds is 4. The van der Waals surface area contributed by atoms with Crippen molar-refractivity contribution in [1.29, 1.82) is 0 Å². The van der Waals surface area contributed by atoms with Crippen LogP contribution in [0.2, 0.25) is 5.02 Å². The Morgan fingerprint density at radius 1 is 1.27 bits per heavy atom. The van der Waals surface area contributed by atoms with Gasteiger partial charge < -0.3 is 10.4 Å². The Hall–Kier alpha value is -0.190. The van der Waals surface area contributed by atoms with Gasteiger partial charge in [-0.15, -0.1) is 24.8 Å². The highest BCUT2D eigenvalue weighted by Gasteiger charge is 2.32. The minimum atomic E-state index is 0. The second kappa shape index (κ2) is 8.60. The fraction of sp³-hybridized carbons (Fsp3) is 0.625. The van der Waals surface area contributed by atoms with Crippen LogP contribution in [0.4, 0.5) is 0 Å². The van der Waals surface area contributed by atoms with Crippen LogP contribution in [0.1, 0.15) is 36.4 Å². The minimum absolute atomic E-state index is 0. The zero-order chi connectivity index (χ0) is 14.1. The molecule has 0 radical (unpaired) electrons. The zero-order valence-corrected chi connectivity index (χ0v) is 15.2. The number of halogens is 3. The summed E-state index contributed by atoms with van der Waals surface area (Å²) in [7, 11) is 0. The van der Waals surface area contributed by atoms with Gasteiger partial charge in [0.05, 0.1) is 0 Å². The number of nitrogens with one attached hydrogen (secondary N) is 1. The quantitative estimate of drug-likeness (QED) is 0.846. The number of piperazine rings is 1. The Bertz CT molecular complexity index is 489. The van der Waals surface area contributed by atoms with Gasteiger partial charge in [0.1, 0.15) is 5.75 Å². The van der Waals surface area contributed by atoms with Crippen molar-refractivity contribution >= 4 is 36.4 Å². The van der Waals surface area contributed by atoms with E-state index in [4.69, 9.17) is 11.6 Å². The van der Waals surface area contributed by atoms with Crippen LogP contribution >= 0.6 is 36.4 Å². The Labute approximate surface area is 150 Å². The van der Waals surface area contributed by atoms with E-state index < -0.39 is 0 Å². The standard InChI is InChI=1S/C16H23ClN2O.2ClH/c1-11-8-13(17)10-14(16(11)20)15(9-12-2-3-12)19-6-4-18-5-7-19;;/h8,10,12,15,18,20H,2-7,9H2,1H3;2*1H/t15-;;/m1../s1. The Morgan fingerprint density at radius 3 is 2.50 bits per heavy atom. The van der Waals surface area contributed by atoms with Gasteiger partial charge in [-0.1, -0.05) is 24.4 Å². The molecule has 2 fully saturated rings. The second-order valence-electron chi connectivity index (χ2n) is 6.14. The number of hydrogen-bond donors (Lipinski definition) is 2. The maximum absolute atomic E-state index is 10.5. The Kier molecular flexibility index (Phi) is 7.76. The molecule has 1 aliphatic heterocycles. The molecule has 3 rings (SSSR count). The van der Waals surface area contributed by atoms with Gasteiger partial charge in [-0.25, -0.2) is 0 Å². The molecule has 0 bridgehead atoms. The highest BCUT2D eigenvalue weighted by atomic mass is 35.5. The number of phenols is 1. The van der Waals surface area contributed by atoms with E-state index in [1.165, 1.54) is 12.8 Å². The largest absolute Gasteiger partial charge is 0.507 e. The summed E-state index contributed by atoms with van der Waals surface area (Å²) in [6, 6.07) is 4.10. The molecule has 2 aliphatic rings. The summed E-state index contributed by atoms with van der Waals surface area (Å²) in [5, 5.41) is 14.6. The van der Waals surface area contributed by atoms with Gasteiger partial charge in [0.15, 0.2) is 0 Å². The van der Waals surface area contributed by atoms with Crippen LogP contribution in [0.25, 0.3) is 0 Å². The molecule has 1 aromatic carbocycles. The van der Waals surface area contributed by atoms with E-state index in [1.807, 2.05) is 19.1 Å². The van der Waals surface area contributed by atoms with Crippen molar-refractivity contribution in [3.8, 4) is 5.75 Å². The van der Waals surface area contributed by atoms with Crippen LogP contribution in [0.5, 0.6) is 5.75 Å². The van der Waals surface area contributed by atoms with Crippen LogP contribution in [0.3, 0.4) is 0 Å². The topological polar surface area (TPSA) is 35.5 Å². The van der Waals surface area contributed by atoms with Crippen molar-refractivity contribution in [1.82, 2.24) is 10.2 Å². The zero-order valence-electron chi connectivity index (χ0n) is 12.8. The highest BCUT2D eigenvalue weighted by Crippen LogP contribution is 2.43. The summed E-state index contributed by atoms with van der Waals surface area (Å²) >= 11 is 6.22. The van der Waals surface area contributed by atoms with E-state index in [0.29, 0.717) is 11.8 Å². The molecule has 0 amide bonds. The van der Waals surface area contributed by atoms with E-state index in [2.05, 4.69) is 10.2 Å². The molecule has 0 spiro atoms. The summed E-state index contributed by atoms with van der Waals surface area (Å²) in [5.74, 6) is 1.26. The van der Waals surface area contributed by atoms with E-state index in [1.54, 1.807) is 0 Å². The molecule has 1 saturated heterocycles. The molecular weight excluding hydrogens is 343 g/mol. The first-order chi connectivity index (χ1) is 9.65. The minimum Gasteiger partial charge on any atom is -0.507 e. The molecular formula is C16H25Cl3N2O. The Morgan fingerprint density at radius 2 is 1.91 bits per heavy atom. The molecule has 2 N–H and O–H groups in total. The normalized spacial score (nSPS) is 19.9. The van der Waals surface area contributed by atoms with Gasteiger partial charge in [0, 0.05) is 42.8 Å². The lowest BCUT2D eigenvalue weighted by atomic mass is 9.96. The van der Waals surface area contributed by atoms with Crippen molar-refractivity contribution in [3.63, 3.8) is 0 Å². The van der Waals surface area contributed by atoms with Crippen molar-refractivity contribution < 1.29 is 5.11 Å². The lowest BCUT2D eigenvalue weighted by Crippen LogP contribution is -2.45. The van der Waals surface area contributed by atoms with Crippen molar-refractivity contribution in [2.75, 3.05) is 26.2 Å². The summed E-state index contributed by atoms with van der Waals surface area (Å²) in [6.45, 7) is 6.07. The first kappa shape index (κ1) is 19.9. The third-order valence-corrected chi connectivity index (χ3v) is 4.72. The second-order valence-corrected chi connectivity index (χ2v) is 6.58. The SMILES string of the molecule is Cc1cc(Cl)cc([C@@H](CC2CC2)N2CCNCC2)c1O.Cl.Cl. The average molecular weight is 368 g/mol. The third-order valence-electron chi connectivity index (χ3n) is 4.50. The number of phenolic OH excluding ortho intramolecular Hbond substituents is 1. The maximum Gasteiger partial charge on any atom is 0.123 e. The fourth-order valence-corrected chi connectivity index (χ4v) is 3.43. The monoisotopic (exact) mass is 366 g/mol. The van der Waals surface area contributed by atoms with Crippen molar-refractivity contribution in [2.45, 2.75) is 32.2 Å². The predicted molar refractivity (Wildman–Crippen MR) is 96.9 cm³/mol. The average Bonchev–Trinajstić information content (AvgIpc) is 3.25. The Balaban J connectivity index is 0.00000121. The van der Waals surface area contributed by atoms with E-state index in [9.17, 15) is 5.11 Å². The molecule has 22 heavy (non-hydrogen) atoms. The van der Waals surface area contributed by atoms with Crippen LogP contribution in [0.15, 0.2) is 12.1 Å².